The van der Waals surface area contributed by atoms with Crippen LogP contribution >= 0.6 is 0 Å². The van der Waals surface area contributed by atoms with Gasteiger partial charge in [0.25, 0.3) is 0 Å². The standard InChI is InChI=1S/C50H42N2O2/c1-6-53-50-44(34(2)3)16-11-18-47(50)39-22-28-42(29-23-39)52(41-26-20-38(21-27-41)46-17-10-14-37-13-7-8-15-45(37)46)43-30-24-40(25-31-43)49-19-9-12-35(4)36(5)48(54-49)32-33-51/h6-33H,1-2,4,51H2,3,5H3/b12-9-,33-32-,48-36-,49-19-. The SMILES string of the molecule is C=COc1c(C(=C)C)cccc1-c1ccc(N(c2ccc(/C3=C/C=C\C(=C)/C(C)=C(/C=C\N)O3)cc2)c2ccc(-c3cccc4ccccc34)cc2)cc1. The van der Waals surface area contributed by atoms with Gasteiger partial charge in [-0.1, -0.05) is 117 Å². The van der Waals surface area contributed by atoms with Gasteiger partial charge in [0.15, 0.2) is 0 Å². The molecule has 0 amide bonds. The predicted molar refractivity (Wildman–Crippen MR) is 228 cm³/mol. The van der Waals surface area contributed by atoms with E-state index >= 15 is 0 Å². The fourth-order valence-corrected chi connectivity index (χ4v) is 6.76. The van der Waals surface area contributed by atoms with Crippen LogP contribution in [0.4, 0.5) is 17.1 Å². The van der Waals surface area contributed by atoms with E-state index in [0.717, 1.165) is 67.3 Å². The summed E-state index contributed by atoms with van der Waals surface area (Å²) in [5, 5.41) is 2.45. The maximum Gasteiger partial charge on any atom is 0.141 e. The van der Waals surface area contributed by atoms with Crippen molar-refractivity contribution in [3.8, 4) is 28.0 Å². The fourth-order valence-electron chi connectivity index (χ4n) is 6.76. The van der Waals surface area contributed by atoms with E-state index in [-0.39, 0.29) is 0 Å². The molecule has 0 aromatic heterocycles. The average Bonchev–Trinajstić information content (AvgIpc) is 3.20. The predicted octanol–water partition coefficient (Wildman–Crippen LogP) is 13.4. The summed E-state index contributed by atoms with van der Waals surface area (Å²) < 4.78 is 12.3. The molecule has 7 rings (SSSR count). The molecule has 6 aromatic rings. The van der Waals surface area contributed by atoms with Gasteiger partial charge >= 0.3 is 0 Å². The molecule has 6 aromatic carbocycles. The van der Waals surface area contributed by atoms with Crippen molar-refractivity contribution in [1.82, 2.24) is 0 Å². The summed E-state index contributed by atoms with van der Waals surface area (Å²) in [5.74, 6) is 2.11. The number of nitrogens with zero attached hydrogens (tertiary/aromatic N) is 1. The molecule has 0 spiro atoms. The molecule has 0 atom stereocenters. The maximum absolute atomic E-state index is 6.39. The second-order valence-electron chi connectivity index (χ2n) is 13.1. The van der Waals surface area contributed by atoms with E-state index in [2.05, 4.69) is 146 Å². The van der Waals surface area contributed by atoms with Crippen molar-refractivity contribution >= 4 is 39.2 Å². The molecule has 0 aliphatic carbocycles. The van der Waals surface area contributed by atoms with Crippen molar-refractivity contribution in [2.45, 2.75) is 13.8 Å². The quantitative estimate of drug-likeness (QED) is 0.144. The second-order valence-corrected chi connectivity index (χ2v) is 13.1. The highest BCUT2D eigenvalue weighted by molar-refractivity contribution is 5.97. The molecule has 0 bridgehead atoms. The summed E-state index contributed by atoms with van der Waals surface area (Å²) in [4.78, 5) is 2.26. The number of hydrogen-bond acceptors (Lipinski definition) is 4. The number of allylic oxidation sites excluding steroid dienone is 7. The Bertz CT molecular complexity index is 2490. The van der Waals surface area contributed by atoms with Crippen LogP contribution in [0.25, 0.3) is 44.4 Å². The van der Waals surface area contributed by atoms with Crippen LogP contribution in [0.15, 0.2) is 207 Å². The number of hydrogen-bond donors (Lipinski definition) is 1. The molecule has 54 heavy (non-hydrogen) atoms. The van der Waals surface area contributed by atoms with E-state index in [1.807, 2.05) is 44.2 Å². The smallest absolute Gasteiger partial charge is 0.141 e. The van der Waals surface area contributed by atoms with E-state index in [4.69, 9.17) is 15.2 Å². The van der Waals surface area contributed by atoms with E-state index < -0.39 is 0 Å². The molecule has 1 heterocycles. The number of rotatable bonds is 10. The van der Waals surface area contributed by atoms with Crippen LogP contribution in [0, 0.1) is 0 Å². The second kappa shape index (κ2) is 15.7. The molecule has 0 saturated heterocycles. The van der Waals surface area contributed by atoms with Crippen LogP contribution in [-0.4, -0.2) is 0 Å². The number of nitrogens with two attached hydrogens (primary N) is 1. The highest BCUT2D eigenvalue weighted by Gasteiger charge is 2.17. The molecular weight excluding hydrogens is 661 g/mol. The van der Waals surface area contributed by atoms with Crippen LogP contribution in [0.5, 0.6) is 5.75 Å². The Balaban J connectivity index is 1.29. The minimum atomic E-state index is 0.658. The molecular formula is C50H42N2O2. The van der Waals surface area contributed by atoms with Crippen LogP contribution in [0.3, 0.4) is 0 Å². The lowest BCUT2D eigenvalue weighted by Crippen LogP contribution is -2.10. The van der Waals surface area contributed by atoms with Crippen LogP contribution in [0.1, 0.15) is 25.0 Å². The van der Waals surface area contributed by atoms with Crippen molar-refractivity contribution in [1.29, 1.82) is 0 Å². The van der Waals surface area contributed by atoms with Crippen molar-refractivity contribution in [2.75, 3.05) is 4.90 Å². The lowest BCUT2D eigenvalue weighted by Gasteiger charge is -2.26. The Labute approximate surface area is 318 Å². The van der Waals surface area contributed by atoms with Gasteiger partial charge in [-0.25, -0.2) is 0 Å². The van der Waals surface area contributed by atoms with Crippen LogP contribution in [-0.2, 0) is 4.74 Å². The van der Waals surface area contributed by atoms with Gasteiger partial charge < -0.3 is 20.1 Å². The van der Waals surface area contributed by atoms with E-state index in [0.29, 0.717) is 11.5 Å². The molecule has 0 fully saturated rings. The number of anilines is 3. The third-order valence-electron chi connectivity index (χ3n) is 9.61. The third-order valence-corrected chi connectivity index (χ3v) is 9.61. The van der Waals surface area contributed by atoms with Gasteiger partial charge in [-0.05, 0) is 125 Å². The van der Waals surface area contributed by atoms with Gasteiger partial charge in [-0.2, -0.15) is 0 Å². The first kappa shape index (κ1) is 35.4. The zero-order chi connectivity index (χ0) is 37.6. The molecule has 0 saturated carbocycles. The van der Waals surface area contributed by atoms with Gasteiger partial charge in [0.1, 0.15) is 17.3 Å². The van der Waals surface area contributed by atoms with Gasteiger partial charge in [0.2, 0.25) is 0 Å². The Kier molecular flexibility index (Phi) is 10.3. The minimum absolute atomic E-state index is 0.658. The lowest BCUT2D eigenvalue weighted by atomic mass is 9.97. The Morgan fingerprint density at radius 1 is 0.722 bits per heavy atom. The summed E-state index contributed by atoms with van der Waals surface area (Å²) in [6.45, 7) is 16.1. The molecule has 4 heteroatoms. The molecule has 0 unspecified atom stereocenters. The first-order valence-electron chi connectivity index (χ1n) is 17.9. The Hall–Kier alpha value is -7.04. The first-order valence-corrected chi connectivity index (χ1v) is 17.9. The van der Waals surface area contributed by atoms with Crippen molar-refractivity contribution < 1.29 is 9.47 Å². The lowest BCUT2D eigenvalue weighted by molar-refractivity contribution is 0.395. The van der Waals surface area contributed by atoms with Crippen molar-refractivity contribution in [3.05, 3.63) is 218 Å². The van der Waals surface area contributed by atoms with Gasteiger partial charge in [0.05, 0.1) is 6.26 Å². The Morgan fingerprint density at radius 2 is 1.30 bits per heavy atom. The molecule has 264 valence electrons. The highest BCUT2D eigenvalue weighted by Crippen LogP contribution is 2.41. The first-order chi connectivity index (χ1) is 26.4. The number of para-hydroxylation sites is 1. The topological polar surface area (TPSA) is 47.7 Å². The van der Waals surface area contributed by atoms with E-state index in [9.17, 15) is 0 Å². The number of ether oxygens (including phenoxy) is 2. The van der Waals surface area contributed by atoms with Crippen LogP contribution in [0.2, 0.25) is 0 Å². The normalized spacial score (nSPS) is 15.8. The number of fused-ring (bicyclic) bond motifs is 1. The Morgan fingerprint density at radius 3 is 1.93 bits per heavy atom. The zero-order valence-electron chi connectivity index (χ0n) is 30.6. The molecule has 0 radical (unpaired) electrons. The summed E-state index contributed by atoms with van der Waals surface area (Å²) in [7, 11) is 0. The molecule has 1 aliphatic heterocycles. The molecule has 2 N–H and O–H groups in total. The zero-order valence-corrected chi connectivity index (χ0v) is 30.6. The summed E-state index contributed by atoms with van der Waals surface area (Å²) >= 11 is 0. The minimum Gasteiger partial charge on any atom is -0.464 e. The summed E-state index contributed by atoms with van der Waals surface area (Å²) in [6.07, 6.45) is 10.6. The van der Waals surface area contributed by atoms with Gasteiger partial charge in [0, 0.05) is 33.8 Å². The third kappa shape index (κ3) is 7.19. The highest BCUT2D eigenvalue weighted by atomic mass is 16.5. The number of benzene rings is 6. The average molecular weight is 703 g/mol. The van der Waals surface area contributed by atoms with Crippen molar-refractivity contribution in [2.24, 2.45) is 5.73 Å². The van der Waals surface area contributed by atoms with E-state index in [1.165, 1.54) is 28.8 Å². The summed E-state index contributed by atoms with van der Waals surface area (Å²) in [5.41, 5.74) is 17.7. The van der Waals surface area contributed by atoms with Crippen LogP contribution < -0.4 is 15.4 Å². The van der Waals surface area contributed by atoms with Gasteiger partial charge in [-0.3, -0.25) is 0 Å². The largest absolute Gasteiger partial charge is 0.464 e. The maximum atomic E-state index is 6.39. The molecule has 4 nitrogen and oxygen atoms in total. The molecule has 1 aliphatic rings. The van der Waals surface area contributed by atoms with Gasteiger partial charge in [-0.15, -0.1) is 0 Å². The summed E-state index contributed by atoms with van der Waals surface area (Å²) in [6, 6.07) is 46.8. The monoisotopic (exact) mass is 702 g/mol. The van der Waals surface area contributed by atoms with Crippen molar-refractivity contribution in [3.63, 3.8) is 0 Å². The fraction of sp³-hybridized carbons (Fsp3) is 0.0400. The van der Waals surface area contributed by atoms with E-state index in [1.54, 1.807) is 6.08 Å².